The predicted molar refractivity (Wildman–Crippen MR) is 73.7 cm³/mol. The van der Waals surface area contributed by atoms with Crippen molar-refractivity contribution in [3.8, 4) is 0 Å². The first-order valence-corrected chi connectivity index (χ1v) is 6.64. The van der Waals surface area contributed by atoms with E-state index in [1.54, 1.807) is 0 Å². The average molecular weight is 244 g/mol. The monoisotopic (exact) mass is 244 g/mol. The van der Waals surface area contributed by atoms with Crippen LogP contribution in [-0.4, -0.2) is 28.4 Å². The molecule has 0 unspecified atom stereocenters. The third-order valence-corrected chi connectivity index (χ3v) is 4.07. The molecule has 0 atom stereocenters. The second-order valence-electron chi connectivity index (χ2n) is 5.43. The zero-order chi connectivity index (χ0) is 12.6. The number of nitrogens with one attached hydrogen (secondary N) is 1. The van der Waals surface area contributed by atoms with Gasteiger partial charge in [0.15, 0.2) is 0 Å². The molecule has 1 aromatic heterocycles. The minimum Gasteiger partial charge on any atom is -0.389 e. The normalized spacial score (nSPS) is 19.2. The third kappa shape index (κ3) is 2.04. The van der Waals surface area contributed by atoms with Crippen LogP contribution in [-0.2, 0) is 13.5 Å². The molecule has 96 valence electrons. The molecule has 0 radical (unpaired) electrons. The molecule has 18 heavy (non-hydrogen) atoms. The Morgan fingerprint density at radius 1 is 1.28 bits per heavy atom. The van der Waals surface area contributed by atoms with Crippen molar-refractivity contribution in [3.05, 3.63) is 36.0 Å². The maximum absolute atomic E-state index is 10.6. The molecule has 0 saturated carbocycles. The van der Waals surface area contributed by atoms with Crippen molar-refractivity contribution in [1.29, 1.82) is 0 Å². The standard InChI is InChI=1S/C15H20N2O/c1-17-10-5-13-12(3-2-4-14(13)17)11-15(18)6-8-16-9-7-15/h2-5,10,16,18H,6-9,11H2,1H3. The van der Waals surface area contributed by atoms with Gasteiger partial charge in [0.25, 0.3) is 0 Å². The van der Waals surface area contributed by atoms with Crippen molar-refractivity contribution in [2.24, 2.45) is 7.05 Å². The SMILES string of the molecule is Cn1ccc2c(CC3(O)CCNCC3)cccc21. The minimum absolute atomic E-state index is 0.532. The summed E-state index contributed by atoms with van der Waals surface area (Å²) in [7, 11) is 2.06. The maximum Gasteiger partial charge on any atom is 0.0712 e. The number of aromatic nitrogens is 1. The Morgan fingerprint density at radius 3 is 2.83 bits per heavy atom. The molecule has 1 saturated heterocycles. The van der Waals surface area contributed by atoms with Crippen LogP contribution < -0.4 is 5.32 Å². The lowest BCUT2D eigenvalue weighted by molar-refractivity contribution is 0.0111. The van der Waals surface area contributed by atoms with Gasteiger partial charge in [0, 0.05) is 30.6 Å². The highest BCUT2D eigenvalue weighted by atomic mass is 16.3. The van der Waals surface area contributed by atoms with Crippen molar-refractivity contribution in [3.63, 3.8) is 0 Å². The molecule has 0 bridgehead atoms. The summed E-state index contributed by atoms with van der Waals surface area (Å²) in [4.78, 5) is 0. The van der Waals surface area contributed by atoms with E-state index < -0.39 is 5.60 Å². The molecule has 2 heterocycles. The first-order chi connectivity index (χ1) is 8.68. The van der Waals surface area contributed by atoms with Gasteiger partial charge in [0.2, 0.25) is 0 Å². The summed E-state index contributed by atoms with van der Waals surface area (Å²) >= 11 is 0. The summed E-state index contributed by atoms with van der Waals surface area (Å²) in [5, 5.41) is 15.2. The smallest absolute Gasteiger partial charge is 0.0712 e. The lowest BCUT2D eigenvalue weighted by atomic mass is 9.85. The summed E-state index contributed by atoms with van der Waals surface area (Å²) in [6.07, 6.45) is 4.53. The van der Waals surface area contributed by atoms with Crippen LogP contribution in [0.2, 0.25) is 0 Å². The molecule has 1 aliphatic heterocycles. The van der Waals surface area contributed by atoms with Gasteiger partial charge in [-0.3, -0.25) is 0 Å². The molecular weight excluding hydrogens is 224 g/mol. The first-order valence-electron chi connectivity index (χ1n) is 6.64. The fraction of sp³-hybridized carbons (Fsp3) is 0.467. The number of piperidine rings is 1. The molecular formula is C15H20N2O. The number of nitrogens with zero attached hydrogens (tertiary/aromatic N) is 1. The molecule has 1 aliphatic rings. The van der Waals surface area contributed by atoms with E-state index in [9.17, 15) is 5.11 Å². The van der Waals surface area contributed by atoms with E-state index in [4.69, 9.17) is 0 Å². The van der Waals surface area contributed by atoms with Crippen molar-refractivity contribution >= 4 is 10.9 Å². The number of aryl methyl sites for hydroxylation is 1. The number of benzene rings is 1. The first kappa shape index (κ1) is 11.8. The molecule has 1 fully saturated rings. The number of hydrogen-bond donors (Lipinski definition) is 2. The number of fused-ring (bicyclic) bond motifs is 1. The van der Waals surface area contributed by atoms with Crippen LogP contribution in [0.25, 0.3) is 10.9 Å². The highest BCUT2D eigenvalue weighted by molar-refractivity contribution is 5.83. The van der Waals surface area contributed by atoms with E-state index in [0.717, 1.165) is 32.4 Å². The van der Waals surface area contributed by atoms with Gasteiger partial charge in [-0.05, 0) is 43.6 Å². The van der Waals surface area contributed by atoms with Crippen LogP contribution in [0.1, 0.15) is 18.4 Å². The third-order valence-electron chi connectivity index (χ3n) is 4.07. The van der Waals surface area contributed by atoms with Crippen LogP contribution in [0, 0.1) is 0 Å². The maximum atomic E-state index is 10.6. The van der Waals surface area contributed by atoms with Crippen molar-refractivity contribution in [2.75, 3.05) is 13.1 Å². The summed E-state index contributed by atoms with van der Waals surface area (Å²) in [6.45, 7) is 1.84. The Balaban J connectivity index is 1.94. The fourth-order valence-electron chi connectivity index (χ4n) is 2.94. The van der Waals surface area contributed by atoms with E-state index in [2.05, 4.69) is 47.4 Å². The lowest BCUT2D eigenvalue weighted by Crippen LogP contribution is -2.43. The van der Waals surface area contributed by atoms with Gasteiger partial charge in [-0.2, -0.15) is 0 Å². The number of rotatable bonds is 2. The zero-order valence-electron chi connectivity index (χ0n) is 10.8. The van der Waals surface area contributed by atoms with E-state index in [0.29, 0.717) is 0 Å². The molecule has 0 aliphatic carbocycles. The van der Waals surface area contributed by atoms with Gasteiger partial charge >= 0.3 is 0 Å². The topological polar surface area (TPSA) is 37.2 Å². The second kappa shape index (κ2) is 4.41. The van der Waals surface area contributed by atoms with Gasteiger partial charge in [0.05, 0.1) is 5.60 Å². The van der Waals surface area contributed by atoms with Crippen LogP contribution >= 0.6 is 0 Å². The summed E-state index contributed by atoms with van der Waals surface area (Å²) < 4.78 is 2.13. The summed E-state index contributed by atoms with van der Waals surface area (Å²) in [5.74, 6) is 0. The predicted octanol–water partition coefficient (Wildman–Crippen LogP) is 1.84. The Hall–Kier alpha value is -1.32. The fourth-order valence-corrected chi connectivity index (χ4v) is 2.94. The largest absolute Gasteiger partial charge is 0.389 e. The molecule has 2 aromatic rings. The summed E-state index contributed by atoms with van der Waals surface area (Å²) in [6, 6.07) is 8.50. The molecule has 3 nitrogen and oxygen atoms in total. The van der Waals surface area contributed by atoms with Gasteiger partial charge < -0.3 is 15.0 Å². The van der Waals surface area contributed by atoms with Crippen molar-refractivity contribution in [2.45, 2.75) is 24.9 Å². The quantitative estimate of drug-likeness (QED) is 0.846. The molecule has 2 N–H and O–H groups in total. The average Bonchev–Trinajstić information content (AvgIpc) is 2.73. The number of hydrogen-bond acceptors (Lipinski definition) is 2. The van der Waals surface area contributed by atoms with Crippen LogP contribution in [0.5, 0.6) is 0 Å². The van der Waals surface area contributed by atoms with Crippen molar-refractivity contribution < 1.29 is 5.11 Å². The summed E-state index contributed by atoms with van der Waals surface area (Å²) in [5.41, 5.74) is 1.97. The van der Waals surface area contributed by atoms with E-state index >= 15 is 0 Å². The molecule has 3 rings (SSSR count). The van der Waals surface area contributed by atoms with Crippen molar-refractivity contribution in [1.82, 2.24) is 9.88 Å². The van der Waals surface area contributed by atoms with E-state index in [1.165, 1.54) is 16.5 Å². The van der Waals surface area contributed by atoms with Gasteiger partial charge in [-0.25, -0.2) is 0 Å². The Labute approximate surface area is 107 Å². The minimum atomic E-state index is -0.532. The molecule has 1 aromatic carbocycles. The highest BCUT2D eigenvalue weighted by Gasteiger charge is 2.29. The Bertz CT molecular complexity index is 553. The van der Waals surface area contributed by atoms with Gasteiger partial charge in [0.1, 0.15) is 0 Å². The molecule has 0 amide bonds. The van der Waals surface area contributed by atoms with Crippen LogP contribution in [0.3, 0.4) is 0 Å². The lowest BCUT2D eigenvalue weighted by Gasteiger charge is -2.32. The van der Waals surface area contributed by atoms with E-state index in [1.807, 2.05) is 0 Å². The van der Waals surface area contributed by atoms with E-state index in [-0.39, 0.29) is 0 Å². The second-order valence-corrected chi connectivity index (χ2v) is 5.43. The molecule has 0 spiro atoms. The Kier molecular flexibility index (Phi) is 2.88. The van der Waals surface area contributed by atoms with Crippen LogP contribution in [0.4, 0.5) is 0 Å². The zero-order valence-corrected chi connectivity index (χ0v) is 10.8. The van der Waals surface area contributed by atoms with Crippen LogP contribution in [0.15, 0.2) is 30.5 Å². The van der Waals surface area contributed by atoms with Gasteiger partial charge in [-0.1, -0.05) is 12.1 Å². The molecule has 3 heteroatoms. The highest BCUT2D eigenvalue weighted by Crippen LogP contribution is 2.28. The van der Waals surface area contributed by atoms with Gasteiger partial charge in [-0.15, -0.1) is 0 Å². The Morgan fingerprint density at radius 2 is 2.06 bits per heavy atom. The number of aliphatic hydroxyl groups is 1.